The third-order valence-corrected chi connectivity index (χ3v) is 4.54. The Morgan fingerprint density at radius 3 is 2.89 bits per heavy atom. The molecule has 2 N–H and O–H groups in total. The van der Waals surface area contributed by atoms with Gasteiger partial charge in [-0.1, -0.05) is 0 Å². The predicted octanol–water partition coefficient (Wildman–Crippen LogP) is 3.50. The van der Waals surface area contributed by atoms with Crippen molar-refractivity contribution >= 4 is 44.2 Å². The molecule has 0 saturated carbocycles. The number of thiophene rings is 1. The first-order valence-electron chi connectivity index (χ1n) is 5.71. The van der Waals surface area contributed by atoms with Gasteiger partial charge in [0.25, 0.3) is 0 Å². The van der Waals surface area contributed by atoms with Crippen molar-refractivity contribution in [3.63, 3.8) is 0 Å². The Balaban J connectivity index is 2.05. The number of hydrogen-bond donors (Lipinski definition) is 1. The van der Waals surface area contributed by atoms with Crippen molar-refractivity contribution in [1.29, 1.82) is 0 Å². The highest BCUT2D eigenvalue weighted by molar-refractivity contribution is 9.11. The third-order valence-electron chi connectivity index (χ3n) is 2.93. The van der Waals surface area contributed by atoms with Gasteiger partial charge in [0.15, 0.2) is 0 Å². The van der Waals surface area contributed by atoms with E-state index in [1.807, 2.05) is 28.8 Å². The Morgan fingerprint density at radius 1 is 1.37 bits per heavy atom. The lowest BCUT2D eigenvalue weighted by molar-refractivity contribution is 0.415. The number of halogens is 1. The van der Waals surface area contributed by atoms with E-state index >= 15 is 0 Å². The van der Waals surface area contributed by atoms with E-state index in [9.17, 15) is 0 Å². The van der Waals surface area contributed by atoms with Crippen LogP contribution in [0.25, 0.3) is 11.0 Å². The van der Waals surface area contributed by atoms with Crippen LogP contribution in [-0.2, 0) is 6.54 Å². The lowest BCUT2D eigenvalue weighted by atomic mass is 10.3. The molecule has 0 aliphatic rings. The van der Waals surface area contributed by atoms with Crippen molar-refractivity contribution < 1.29 is 4.74 Å². The van der Waals surface area contributed by atoms with Gasteiger partial charge in [-0.15, -0.1) is 11.3 Å². The molecule has 0 radical (unpaired) electrons. The molecule has 2 aromatic heterocycles. The maximum absolute atomic E-state index is 6.00. The number of fused-ring (bicyclic) bond motifs is 1. The SMILES string of the molecule is COc1ccc2c(c1)nc(N)n2Cc1ccc(Br)s1. The minimum atomic E-state index is 0.521. The lowest BCUT2D eigenvalue weighted by Gasteiger charge is -2.05. The number of anilines is 1. The molecule has 0 aliphatic heterocycles. The van der Waals surface area contributed by atoms with Crippen molar-refractivity contribution in [3.05, 3.63) is 39.0 Å². The lowest BCUT2D eigenvalue weighted by Crippen LogP contribution is -2.03. The molecular formula is C13H12BrN3OS. The van der Waals surface area contributed by atoms with Gasteiger partial charge in [-0.25, -0.2) is 4.98 Å². The summed E-state index contributed by atoms with van der Waals surface area (Å²) in [5.74, 6) is 1.31. The zero-order chi connectivity index (χ0) is 13.4. The smallest absolute Gasteiger partial charge is 0.201 e. The van der Waals surface area contributed by atoms with Crippen LogP contribution in [0.2, 0.25) is 0 Å². The predicted molar refractivity (Wildman–Crippen MR) is 81.8 cm³/mol. The molecule has 0 amide bonds. The zero-order valence-electron chi connectivity index (χ0n) is 10.3. The van der Waals surface area contributed by atoms with Crippen LogP contribution in [0.1, 0.15) is 4.88 Å². The molecule has 98 valence electrons. The minimum Gasteiger partial charge on any atom is -0.497 e. The summed E-state index contributed by atoms with van der Waals surface area (Å²) in [4.78, 5) is 5.61. The molecule has 0 aliphatic carbocycles. The van der Waals surface area contributed by atoms with Gasteiger partial charge in [0.2, 0.25) is 5.95 Å². The van der Waals surface area contributed by atoms with E-state index < -0.39 is 0 Å². The van der Waals surface area contributed by atoms with E-state index in [-0.39, 0.29) is 0 Å². The first kappa shape index (κ1) is 12.5. The van der Waals surface area contributed by atoms with E-state index in [4.69, 9.17) is 10.5 Å². The van der Waals surface area contributed by atoms with E-state index in [0.717, 1.165) is 27.1 Å². The summed E-state index contributed by atoms with van der Waals surface area (Å²) in [7, 11) is 1.64. The van der Waals surface area contributed by atoms with Gasteiger partial charge in [-0.05, 0) is 40.2 Å². The average Bonchev–Trinajstić information content (AvgIpc) is 2.94. The Morgan fingerprint density at radius 2 is 2.21 bits per heavy atom. The van der Waals surface area contributed by atoms with E-state index in [1.54, 1.807) is 18.4 Å². The Bertz CT molecular complexity index is 735. The largest absolute Gasteiger partial charge is 0.497 e. The summed E-state index contributed by atoms with van der Waals surface area (Å²) in [6.45, 7) is 0.727. The highest BCUT2D eigenvalue weighted by Crippen LogP contribution is 2.27. The molecule has 0 unspecified atom stereocenters. The molecule has 2 heterocycles. The molecule has 4 nitrogen and oxygen atoms in total. The second-order valence-electron chi connectivity index (χ2n) is 4.12. The molecule has 3 rings (SSSR count). The minimum absolute atomic E-state index is 0.521. The summed E-state index contributed by atoms with van der Waals surface area (Å²) >= 11 is 5.17. The number of aromatic nitrogens is 2. The van der Waals surface area contributed by atoms with Crippen LogP contribution in [0.4, 0.5) is 5.95 Å². The van der Waals surface area contributed by atoms with Crippen LogP contribution in [0.5, 0.6) is 5.75 Å². The van der Waals surface area contributed by atoms with Crippen LogP contribution in [-0.4, -0.2) is 16.7 Å². The summed E-state index contributed by atoms with van der Waals surface area (Å²) < 4.78 is 8.32. The Hall–Kier alpha value is -1.53. The number of imidazole rings is 1. The third kappa shape index (κ3) is 2.33. The van der Waals surface area contributed by atoms with Crippen molar-refractivity contribution in [2.24, 2.45) is 0 Å². The number of hydrogen-bond acceptors (Lipinski definition) is 4. The number of rotatable bonds is 3. The second kappa shape index (κ2) is 4.86. The molecule has 0 spiro atoms. The van der Waals surface area contributed by atoms with Gasteiger partial charge < -0.3 is 15.0 Å². The fourth-order valence-corrected chi connectivity index (χ4v) is 3.49. The normalized spacial score (nSPS) is 11.1. The monoisotopic (exact) mass is 337 g/mol. The van der Waals surface area contributed by atoms with Crippen molar-refractivity contribution in [2.45, 2.75) is 6.54 Å². The van der Waals surface area contributed by atoms with Gasteiger partial charge in [-0.2, -0.15) is 0 Å². The maximum atomic E-state index is 6.00. The summed E-state index contributed by atoms with van der Waals surface area (Å²) in [5.41, 5.74) is 7.87. The van der Waals surface area contributed by atoms with E-state index in [1.165, 1.54) is 4.88 Å². The van der Waals surface area contributed by atoms with Gasteiger partial charge >= 0.3 is 0 Å². The van der Waals surface area contributed by atoms with E-state index in [0.29, 0.717) is 5.95 Å². The number of nitrogen functional groups attached to an aromatic ring is 1. The molecule has 19 heavy (non-hydrogen) atoms. The van der Waals surface area contributed by atoms with Crippen LogP contribution in [0.15, 0.2) is 34.1 Å². The standard InChI is InChI=1S/C13H12BrN3OS/c1-18-8-2-4-11-10(6-8)16-13(15)17(11)7-9-3-5-12(14)19-9/h2-6H,7H2,1H3,(H2,15,16). The highest BCUT2D eigenvalue weighted by atomic mass is 79.9. The second-order valence-corrected chi connectivity index (χ2v) is 6.66. The maximum Gasteiger partial charge on any atom is 0.201 e. The average molecular weight is 338 g/mol. The Labute approximate surface area is 123 Å². The first-order chi connectivity index (χ1) is 9.17. The Kier molecular flexibility index (Phi) is 3.20. The summed E-state index contributed by atoms with van der Waals surface area (Å²) in [6, 6.07) is 9.93. The molecule has 6 heteroatoms. The fraction of sp³-hybridized carbons (Fsp3) is 0.154. The quantitative estimate of drug-likeness (QED) is 0.795. The summed E-state index contributed by atoms with van der Waals surface area (Å²) in [6.07, 6.45) is 0. The fourth-order valence-electron chi connectivity index (χ4n) is 2.01. The summed E-state index contributed by atoms with van der Waals surface area (Å²) in [5, 5.41) is 0. The molecule has 1 aromatic carbocycles. The number of nitrogens with two attached hydrogens (primary N) is 1. The molecule has 0 saturated heterocycles. The molecule has 0 atom stereocenters. The van der Waals surface area contributed by atoms with Gasteiger partial charge in [0.1, 0.15) is 5.75 Å². The molecular weight excluding hydrogens is 326 g/mol. The van der Waals surface area contributed by atoms with Crippen LogP contribution in [0, 0.1) is 0 Å². The van der Waals surface area contributed by atoms with Gasteiger partial charge in [0.05, 0.1) is 28.5 Å². The zero-order valence-corrected chi connectivity index (χ0v) is 12.7. The number of methoxy groups -OCH3 is 1. The van der Waals surface area contributed by atoms with Crippen molar-refractivity contribution in [1.82, 2.24) is 9.55 Å². The van der Waals surface area contributed by atoms with Crippen molar-refractivity contribution in [2.75, 3.05) is 12.8 Å². The topological polar surface area (TPSA) is 53.1 Å². The number of nitrogens with zero attached hydrogens (tertiary/aromatic N) is 2. The molecule has 0 bridgehead atoms. The number of ether oxygens (including phenoxy) is 1. The molecule has 0 fully saturated rings. The van der Waals surface area contributed by atoms with Crippen LogP contribution >= 0.6 is 27.3 Å². The van der Waals surface area contributed by atoms with Crippen LogP contribution in [0.3, 0.4) is 0 Å². The van der Waals surface area contributed by atoms with Crippen LogP contribution < -0.4 is 10.5 Å². The van der Waals surface area contributed by atoms with E-state index in [2.05, 4.69) is 27.0 Å². The van der Waals surface area contributed by atoms with Gasteiger partial charge in [-0.3, -0.25) is 0 Å². The highest BCUT2D eigenvalue weighted by Gasteiger charge is 2.10. The number of benzene rings is 1. The molecule has 3 aromatic rings. The van der Waals surface area contributed by atoms with Crippen molar-refractivity contribution in [3.8, 4) is 5.75 Å². The first-order valence-corrected chi connectivity index (χ1v) is 7.32. The van der Waals surface area contributed by atoms with Gasteiger partial charge in [0, 0.05) is 10.9 Å².